The molecule has 0 aliphatic carbocycles. The van der Waals surface area contributed by atoms with Crippen LogP contribution in [0.4, 0.5) is 11.4 Å². The third-order valence-electron chi connectivity index (χ3n) is 5.95. The summed E-state index contributed by atoms with van der Waals surface area (Å²) in [5.41, 5.74) is 6.31. The molecule has 5 heteroatoms. The summed E-state index contributed by atoms with van der Waals surface area (Å²) in [6.45, 7) is 9.09. The van der Waals surface area contributed by atoms with E-state index in [2.05, 4.69) is 54.3 Å². The van der Waals surface area contributed by atoms with Gasteiger partial charge in [0.15, 0.2) is 5.65 Å². The van der Waals surface area contributed by atoms with E-state index in [1.165, 1.54) is 17.5 Å². The van der Waals surface area contributed by atoms with Gasteiger partial charge in [-0.1, -0.05) is 13.0 Å². The molecule has 1 saturated heterocycles. The van der Waals surface area contributed by atoms with Gasteiger partial charge in [0.2, 0.25) is 0 Å². The topological polar surface area (TPSA) is 58.1 Å². The van der Waals surface area contributed by atoms with Crippen molar-refractivity contribution in [3.63, 3.8) is 0 Å². The SMILES string of the molecule is CC[C@H]1CCCCN1C(=O)c1cnc2nc(C)ccc2c1Nc1cc(C)cc(C)c1. The maximum Gasteiger partial charge on any atom is 0.257 e. The average molecular weight is 403 g/mol. The molecular formula is C25H30N4O. The predicted octanol–water partition coefficient (Wildman–Crippen LogP) is 5.70. The van der Waals surface area contributed by atoms with Crippen LogP contribution in [-0.2, 0) is 0 Å². The fraction of sp³-hybridized carbons (Fsp3) is 0.400. The van der Waals surface area contributed by atoms with Gasteiger partial charge < -0.3 is 10.2 Å². The van der Waals surface area contributed by atoms with E-state index < -0.39 is 0 Å². The molecule has 3 aromatic rings. The normalized spacial score (nSPS) is 16.7. The second-order valence-corrected chi connectivity index (χ2v) is 8.43. The maximum absolute atomic E-state index is 13.7. The number of anilines is 2. The molecule has 0 unspecified atom stereocenters. The van der Waals surface area contributed by atoms with Crippen LogP contribution in [0.1, 0.15) is 59.8 Å². The number of likely N-dealkylation sites (tertiary alicyclic amines) is 1. The summed E-state index contributed by atoms with van der Waals surface area (Å²) in [5.74, 6) is 0.0587. The van der Waals surface area contributed by atoms with Crippen molar-refractivity contribution in [2.24, 2.45) is 0 Å². The Morgan fingerprint density at radius 1 is 1.13 bits per heavy atom. The number of benzene rings is 1. The van der Waals surface area contributed by atoms with Crippen molar-refractivity contribution in [1.82, 2.24) is 14.9 Å². The lowest BCUT2D eigenvalue weighted by molar-refractivity contribution is 0.0609. The fourth-order valence-corrected chi connectivity index (χ4v) is 4.51. The summed E-state index contributed by atoms with van der Waals surface area (Å²) >= 11 is 0. The molecule has 1 aliphatic heterocycles. The molecule has 4 rings (SSSR count). The number of fused-ring (bicyclic) bond motifs is 1. The minimum atomic E-state index is 0.0587. The Kier molecular flexibility index (Phi) is 5.71. The zero-order chi connectivity index (χ0) is 21.3. The second-order valence-electron chi connectivity index (χ2n) is 8.43. The van der Waals surface area contributed by atoms with Gasteiger partial charge >= 0.3 is 0 Å². The molecular weight excluding hydrogens is 372 g/mol. The van der Waals surface area contributed by atoms with Crippen molar-refractivity contribution in [1.29, 1.82) is 0 Å². The lowest BCUT2D eigenvalue weighted by Gasteiger charge is -2.35. The zero-order valence-electron chi connectivity index (χ0n) is 18.3. The number of pyridine rings is 2. The first-order chi connectivity index (χ1) is 14.5. The van der Waals surface area contributed by atoms with Crippen molar-refractivity contribution in [3.05, 3.63) is 58.9 Å². The number of aryl methyl sites for hydroxylation is 3. The smallest absolute Gasteiger partial charge is 0.257 e. The average Bonchev–Trinajstić information content (AvgIpc) is 2.72. The first-order valence-electron chi connectivity index (χ1n) is 10.9. The Morgan fingerprint density at radius 3 is 2.63 bits per heavy atom. The minimum absolute atomic E-state index is 0.0587. The van der Waals surface area contributed by atoms with Crippen molar-refractivity contribution < 1.29 is 4.79 Å². The molecule has 1 amide bonds. The summed E-state index contributed by atoms with van der Waals surface area (Å²) in [6.07, 6.45) is 6.00. The standard InChI is InChI=1S/C25H30N4O/c1-5-20-8-6-7-11-29(20)25(30)22-15-26-24-21(10-9-18(4)27-24)23(22)28-19-13-16(2)12-17(3)14-19/h9-10,12-15,20H,5-8,11H2,1-4H3,(H,26,27,28)/t20-/m0/s1. The highest BCUT2D eigenvalue weighted by molar-refractivity contribution is 6.07. The van der Waals surface area contributed by atoms with Gasteiger partial charge in [-0.05, 0) is 81.8 Å². The number of hydrogen-bond donors (Lipinski definition) is 1. The summed E-state index contributed by atoms with van der Waals surface area (Å²) < 4.78 is 0. The molecule has 0 saturated carbocycles. The second kappa shape index (κ2) is 8.42. The Hall–Kier alpha value is -2.95. The molecule has 1 aromatic carbocycles. The van der Waals surface area contributed by atoms with Gasteiger partial charge in [-0.3, -0.25) is 4.79 Å². The Bertz CT molecular complexity index is 1070. The number of hydrogen-bond acceptors (Lipinski definition) is 4. The Balaban J connectivity index is 1.83. The van der Waals surface area contributed by atoms with Crippen LogP contribution in [0, 0.1) is 20.8 Å². The molecule has 0 radical (unpaired) electrons. The van der Waals surface area contributed by atoms with Crippen LogP contribution in [-0.4, -0.2) is 33.4 Å². The molecule has 1 atom stereocenters. The Labute approximate surface area is 178 Å². The number of aromatic nitrogens is 2. The quantitative estimate of drug-likeness (QED) is 0.608. The third-order valence-corrected chi connectivity index (χ3v) is 5.95. The van der Waals surface area contributed by atoms with E-state index in [0.717, 1.165) is 48.3 Å². The number of amides is 1. The lowest BCUT2D eigenvalue weighted by atomic mass is 9.98. The van der Waals surface area contributed by atoms with Gasteiger partial charge in [0, 0.05) is 35.6 Å². The van der Waals surface area contributed by atoms with E-state index in [0.29, 0.717) is 17.3 Å². The van der Waals surface area contributed by atoms with E-state index in [4.69, 9.17) is 0 Å². The number of carbonyl (C=O) groups excluding carboxylic acids is 1. The van der Waals surface area contributed by atoms with Crippen molar-refractivity contribution in [2.45, 2.75) is 59.4 Å². The predicted molar refractivity (Wildman–Crippen MR) is 122 cm³/mol. The number of piperidine rings is 1. The van der Waals surface area contributed by atoms with E-state index in [1.54, 1.807) is 6.20 Å². The highest BCUT2D eigenvalue weighted by Crippen LogP contribution is 2.32. The van der Waals surface area contributed by atoms with Gasteiger partial charge in [0.05, 0.1) is 11.3 Å². The number of rotatable bonds is 4. The summed E-state index contributed by atoms with van der Waals surface area (Å²) in [5, 5.41) is 4.41. The van der Waals surface area contributed by atoms with Crippen LogP contribution in [0.25, 0.3) is 11.0 Å². The molecule has 30 heavy (non-hydrogen) atoms. The van der Waals surface area contributed by atoms with Crippen LogP contribution in [0.15, 0.2) is 36.5 Å². The largest absolute Gasteiger partial charge is 0.354 e. The van der Waals surface area contributed by atoms with Crippen LogP contribution in [0.5, 0.6) is 0 Å². The maximum atomic E-state index is 13.7. The fourth-order valence-electron chi connectivity index (χ4n) is 4.51. The van der Waals surface area contributed by atoms with Crippen LogP contribution >= 0.6 is 0 Å². The van der Waals surface area contributed by atoms with Crippen molar-refractivity contribution in [3.8, 4) is 0 Å². The van der Waals surface area contributed by atoms with Crippen molar-refractivity contribution >= 4 is 28.3 Å². The molecule has 2 aromatic heterocycles. The molecule has 1 fully saturated rings. The van der Waals surface area contributed by atoms with Crippen LogP contribution in [0.3, 0.4) is 0 Å². The number of nitrogens with zero attached hydrogens (tertiary/aromatic N) is 3. The van der Waals surface area contributed by atoms with E-state index >= 15 is 0 Å². The molecule has 5 nitrogen and oxygen atoms in total. The van der Waals surface area contributed by atoms with Gasteiger partial charge in [-0.25, -0.2) is 9.97 Å². The van der Waals surface area contributed by atoms with Gasteiger partial charge in [0.25, 0.3) is 5.91 Å². The summed E-state index contributed by atoms with van der Waals surface area (Å²) in [4.78, 5) is 24.8. The van der Waals surface area contributed by atoms with E-state index in [1.807, 2.05) is 24.0 Å². The number of nitrogens with one attached hydrogen (secondary N) is 1. The highest BCUT2D eigenvalue weighted by Gasteiger charge is 2.28. The zero-order valence-corrected chi connectivity index (χ0v) is 18.3. The van der Waals surface area contributed by atoms with Gasteiger partial charge in [-0.15, -0.1) is 0 Å². The molecule has 156 valence electrons. The van der Waals surface area contributed by atoms with E-state index in [9.17, 15) is 4.79 Å². The first kappa shape index (κ1) is 20.3. The van der Waals surface area contributed by atoms with Crippen LogP contribution in [0.2, 0.25) is 0 Å². The van der Waals surface area contributed by atoms with Gasteiger partial charge in [0.1, 0.15) is 0 Å². The molecule has 0 bridgehead atoms. The lowest BCUT2D eigenvalue weighted by Crippen LogP contribution is -2.43. The molecule has 1 aliphatic rings. The number of carbonyl (C=O) groups is 1. The van der Waals surface area contributed by atoms with Crippen molar-refractivity contribution in [2.75, 3.05) is 11.9 Å². The minimum Gasteiger partial charge on any atom is -0.354 e. The Morgan fingerprint density at radius 2 is 1.90 bits per heavy atom. The molecule has 3 heterocycles. The third kappa shape index (κ3) is 4.02. The van der Waals surface area contributed by atoms with Gasteiger partial charge in [-0.2, -0.15) is 0 Å². The summed E-state index contributed by atoms with van der Waals surface area (Å²) in [6, 6.07) is 10.6. The van der Waals surface area contributed by atoms with Crippen LogP contribution < -0.4 is 5.32 Å². The summed E-state index contributed by atoms with van der Waals surface area (Å²) in [7, 11) is 0. The molecule has 0 spiro atoms. The molecule has 1 N–H and O–H groups in total. The monoisotopic (exact) mass is 402 g/mol. The first-order valence-corrected chi connectivity index (χ1v) is 10.9. The van der Waals surface area contributed by atoms with E-state index in [-0.39, 0.29) is 5.91 Å². The highest BCUT2D eigenvalue weighted by atomic mass is 16.2.